The van der Waals surface area contributed by atoms with Gasteiger partial charge in [-0.15, -0.1) is 12.4 Å². The van der Waals surface area contributed by atoms with E-state index in [1.165, 1.54) is 0 Å². The van der Waals surface area contributed by atoms with E-state index in [0.29, 0.717) is 13.0 Å². The second-order valence-electron chi connectivity index (χ2n) is 6.63. The van der Waals surface area contributed by atoms with Gasteiger partial charge in [-0.25, -0.2) is 0 Å². The van der Waals surface area contributed by atoms with E-state index in [4.69, 9.17) is 9.47 Å². The van der Waals surface area contributed by atoms with Crippen molar-refractivity contribution in [2.45, 2.75) is 17.8 Å². The van der Waals surface area contributed by atoms with Crippen LogP contribution < -0.4 is 19.7 Å². The number of carbonyl (C=O) groups is 2. The Kier molecular flexibility index (Phi) is 6.36. The molecule has 2 aromatic carbocycles. The van der Waals surface area contributed by atoms with Crippen LogP contribution in [0.5, 0.6) is 11.5 Å². The van der Waals surface area contributed by atoms with Crippen molar-refractivity contribution in [3.63, 3.8) is 0 Å². The molecular weight excluding hydrogens is 400 g/mol. The fraction of sp³-hybridized carbons (Fsp3) is 0.300. The zero-order valence-corrected chi connectivity index (χ0v) is 16.9. The van der Waals surface area contributed by atoms with E-state index >= 15 is 0 Å². The highest BCUT2D eigenvalue weighted by Crippen LogP contribution is 2.32. The monoisotopic (exact) mass is 420 g/mol. The number of thioether (sulfide) groups is 1. The highest BCUT2D eigenvalue weighted by Gasteiger charge is 2.31. The van der Waals surface area contributed by atoms with Gasteiger partial charge in [-0.05, 0) is 36.2 Å². The van der Waals surface area contributed by atoms with Gasteiger partial charge in [-0.1, -0.05) is 36.0 Å². The Balaban J connectivity index is 0.00000225. The number of amides is 2. The van der Waals surface area contributed by atoms with Crippen LogP contribution >= 0.6 is 24.2 Å². The third-order valence-electron chi connectivity index (χ3n) is 4.59. The van der Waals surface area contributed by atoms with Gasteiger partial charge in [0.25, 0.3) is 5.24 Å². The Morgan fingerprint density at radius 3 is 2.64 bits per heavy atom. The van der Waals surface area contributed by atoms with Gasteiger partial charge in [0.1, 0.15) is 24.2 Å². The number of rotatable bonds is 5. The standard InChI is InChI=1S/C20H20N2O4S.ClH/c1-22-11-15(26-17-5-3-2-4-16(17)22)12-25-14-8-6-13(7-9-14)10-18-19(23)21-20(24)27-18;/h2-9,15,18H,10-12H2,1H3,(H,21,23,24);1H. The van der Waals surface area contributed by atoms with Crippen molar-refractivity contribution in [2.75, 3.05) is 25.1 Å². The molecule has 1 saturated heterocycles. The molecule has 28 heavy (non-hydrogen) atoms. The minimum absolute atomic E-state index is 0. The number of fused-ring (bicyclic) bond motifs is 1. The average Bonchev–Trinajstić information content (AvgIpc) is 2.98. The maximum absolute atomic E-state index is 11.7. The first kappa shape index (κ1) is 20.4. The minimum Gasteiger partial charge on any atom is -0.490 e. The van der Waals surface area contributed by atoms with Gasteiger partial charge in [-0.2, -0.15) is 0 Å². The summed E-state index contributed by atoms with van der Waals surface area (Å²) in [7, 11) is 2.05. The summed E-state index contributed by atoms with van der Waals surface area (Å²) in [5.41, 5.74) is 2.08. The highest BCUT2D eigenvalue weighted by atomic mass is 35.5. The van der Waals surface area contributed by atoms with Crippen LogP contribution in [0.4, 0.5) is 10.5 Å². The fourth-order valence-electron chi connectivity index (χ4n) is 3.23. The molecule has 0 aromatic heterocycles. The first-order chi connectivity index (χ1) is 13.1. The summed E-state index contributed by atoms with van der Waals surface area (Å²) in [5.74, 6) is 1.41. The smallest absolute Gasteiger partial charge is 0.286 e. The predicted octanol–water partition coefficient (Wildman–Crippen LogP) is 3.28. The molecule has 0 saturated carbocycles. The lowest BCUT2D eigenvalue weighted by molar-refractivity contribution is -0.118. The van der Waals surface area contributed by atoms with Gasteiger partial charge < -0.3 is 14.4 Å². The molecule has 2 unspecified atom stereocenters. The lowest BCUT2D eigenvalue weighted by Gasteiger charge is -2.33. The molecule has 8 heteroatoms. The van der Waals surface area contributed by atoms with Gasteiger partial charge in [0.2, 0.25) is 5.91 Å². The molecule has 1 N–H and O–H groups in total. The number of carbonyl (C=O) groups excluding carboxylic acids is 2. The zero-order valence-electron chi connectivity index (χ0n) is 15.3. The maximum atomic E-state index is 11.7. The van der Waals surface area contributed by atoms with Crippen LogP contribution in [0.1, 0.15) is 5.56 Å². The number of para-hydroxylation sites is 2. The van der Waals surface area contributed by atoms with Crippen molar-refractivity contribution < 1.29 is 19.1 Å². The first-order valence-corrected chi connectivity index (χ1v) is 9.66. The second kappa shape index (κ2) is 8.75. The van der Waals surface area contributed by atoms with E-state index in [-0.39, 0.29) is 34.9 Å². The zero-order chi connectivity index (χ0) is 18.8. The summed E-state index contributed by atoms with van der Waals surface area (Å²) in [6.07, 6.45) is 0.477. The van der Waals surface area contributed by atoms with E-state index < -0.39 is 0 Å². The van der Waals surface area contributed by atoms with E-state index in [1.54, 1.807) is 0 Å². The molecular formula is C20H21ClN2O4S. The number of nitrogens with zero attached hydrogens (tertiary/aromatic N) is 1. The summed E-state index contributed by atoms with van der Waals surface area (Å²) in [6, 6.07) is 15.6. The van der Waals surface area contributed by atoms with Crippen molar-refractivity contribution in [3.8, 4) is 11.5 Å². The van der Waals surface area contributed by atoms with Gasteiger partial charge in [0.05, 0.1) is 17.5 Å². The molecule has 0 bridgehead atoms. The van der Waals surface area contributed by atoms with E-state index in [1.807, 2.05) is 55.6 Å². The molecule has 0 aliphatic carbocycles. The Labute approximate surface area is 174 Å². The molecule has 148 valence electrons. The van der Waals surface area contributed by atoms with Crippen LogP contribution in [-0.2, 0) is 11.2 Å². The highest BCUT2D eigenvalue weighted by molar-refractivity contribution is 8.15. The van der Waals surface area contributed by atoms with E-state index in [0.717, 1.165) is 41.1 Å². The normalized spacial score (nSPS) is 20.7. The Morgan fingerprint density at radius 1 is 1.18 bits per heavy atom. The third kappa shape index (κ3) is 4.54. The van der Waals surface area contributed by atoms with Crippen LogP contribution in [0.15, 0.2) is 48.5 Å². The van der Waals surface area contributed by atoms with Crippen LogP contribution in [0, 0.1) is 0 Å². The summed E-state index contributed by atoms with van der Waals surface area (Å²) in [5, 5.41) is 1.68. The number of anilines is 1. The first-order valence-electron chi connectivity index (χ1n) is 8.78. The maximum Gasteiger partial charge on any atom is 0.286 e. The van der Waals surface area contributed by atoms with Gasteiger partial charge >= 0.3 is 0 Å². The van der Waals surface area contributed by atoms with Crippen LogP contribution in [0.2, 0.25) is 0 Å². The minimum atomic E-state index is -0.351. The van der Waals surface area contributed by atoms with Crippen LogP contribution in [-0.4, -0.2) is 42.7 Å². The lowest BCUT2D eigenvalue weighted by Crippen LogP contribution is -2.41. The number of benzene rings is 2. The van der Waals surface area contributed by atoms with Crippen molar-refractivity contribution in [1.82, 2.24) is 5.32 Å². The van der Waals surface area contributed by atoms with Crippen molar-refractivity contribution >= 4 is 41.0 Å². The number of likely N-dealkylation sites (N-methyl/N-ethyl adjacent to an activating group) is 1. The largest absolute Gasteiger partial charge is 0.490 e. The van der Waals surface area contributed by atoms with E-state index in [2.05, 4.69) is 10.2 Å². The van der Waals surface area contributed by atoms with Crippen LogP contribution in [0.3, 0.4) is 0 Å². The number of halogens is 1. The molecule has 4 rings (SSSR count). The Morgan fingerprint density at radius 2 is 1.93 bits per heavy atom. The van der Waals surface area contributed by atoms with Crippen molar-refractivity contribution in [2.24, 2.45) is 0 Å². The summed E-state index contributed by atoms with van der Waals surface area (Å²) in [6.45, 7) is 1.21. The number of hydrogen-bond acceptors (Lipinski definition) is 6. The third-order valence-corrected chi connectivity index (χ3v) is 5.58. The quantitative estimate of drug-likeness (QED) is 0.800. The molecule has 2 aliphatic heterocycles. The van der Waals surface area contributed by atoms with Gasteiger partial charge in [-0.3, -0.25) is 14.9 Å². The van der Waals surface area contributed by atoms with Crippen molar-refractivity contribution in [3.05, 3.63) is 54.1 Å². The molecule has 2 amide bonds. The Hall–Kier alpha value is -2.38. The van der Waals surface area contributed by atoms with E-state index in [9.17, 15) is 9.59 Å². The molecule has 6 nitrogen and oxygen atoms in total. The topological polar surface area (TPSA) is 67.9 Å². The lowest BCUT2D eigenvalue weighted by atomic mass is 10.1. The SMILES string of the molecule is CN1CC(COc2ccc(CC3SC(=O)NC3=O)cc2)Oc2ccccc21.Cl. The van der Waals surface area contributed by atoms with Gasteiger partial charge in [0.15, 0.2) is 0 Å². The average molecular weight is 421 g/mol. The fourth-order valence-corrected chi connectivity index (χ4v) is 4.09. The number of imide groups is 1. The molecule has 0 spiro atoms. The second-order valence-corrected chi connectivity index (χ2v) is 7.81. The number of nitrogens with one attached hydrogen (secondary N) is 1. The molecule has 2 aliphatic rings. The molecule has 1 fully saturated rings. The number of hydrogen-bond donors (Lipinski definition) is 1. The number of ether oxygens (including phenoxy) is 2. The molecule has 0 radical (unpaired) electrons. The summed E-state index contributed by atoms with van der Waals surface area (Å²) >= 11 is 1.04. The molecule has 2 heterocycles. The van der Waals surface area contributed by atoms with Crippen molar-refractivity contribution in [1.29, 1.82) is 0 Å². The molecule has 2 aromatic rings. The summed E-state index contributed by atoms with van der Waals surface area (Å²) < 4.78 is 11.9. The summed E-state index contributed by atoms with van der Waals surface area (Å²) in [4.78, 5) is 25.1. The van der Waals surface area contributed by atoms with Crippen LogP contribution in [0.25, 0.3) is 0 Å². The molecule has 2 atom stereocenters. The predicted molar refractivity (Wildman–Crippen MR) is 112 cm³/mol. The Bertz CT molecular complexity index is 862. The van der Waals surface area contributed by atoms with Gasteiger partial charge in [0, 0.05) is 7.05 Å².